The molecule has 2 heteroatoms. The number of carbonyl (C=O) groups excluding carboxylic acids is 1. The number of hydrogen-bond acceptors (Lipinski definition) is 2. The summed E-state index contributed by atoms with van der Waals surface area (Å²) in [4.78, 5) is 11.1. The van der Waals surface area contributed by atoms with E-state index in [-0.39, 0.29) is 12.0 Å². The quantitative estimate of drug-likeness (QED) is 0.360. The molecule has 122 valence electrons. The molecule has 0 aromatic rings. The number of allylic oxidation sites excluding steroid dienone is 4. The Kier molecular flexibility index (Phi) is 5.11. The van der Waals surface area contributed by atoms with Gasteiger partial charge in [0.1, 0.15) is 6.29 Å². The van der Waals surface area contributed by atoms with Gasteiger partial charge in [0, 0.05) is 11.5 Å². The van der Waals surface area contributed by atoms with Crippen LogP contribution in [0.2, 0.25) is 0 Å². The third-order valence-corrected chi connectivity index (χ3v) is 6.12. The van der Waals surface area contributed by atoms with E-state index >= 15 is 0 Å². The third-order valence-electron chi connectivity index (χ3n) is 6.12. The van der Waals surface area contributed by atoms with Crippen LogP contribution in [0.25, 0.3) is 0 Å². The Labute approximate surface area is 135 Å². The van der Waals surface area contributed by atoms with E-state index in [0.29, 0.717) is 22.8 Å². The number of aliphatic hydroxyl groups is 1. The summed E-state index contributed by atoms with van der Waals surface area (Å²) in [5, 5.41) is 8.98. The van der Waals surface area contributed by atoms with Crippen molar-refractivity contribution in [2.45, 2.75) is 52.9 Å². The van der Waals surface area contributed by atoms with Crippen molar-refractivity contribution in [1.82, 2.24) is 0 Å². The Morgan fingerprint density at radius 3 is 2.73 bits per heavy atom. The van der Waals surface area contributed by atoms with Crippen molar-refractivity contribution in [3.05, 3.63) is 36.0 Å². The van der Waals surface area contributed by atoms with Crippen molar-refractivity contribution in [2.24, 2.45) is 22.7 Å². The Morgan fingerprint density at radius 2 is 2.09 bits per heavy atom. The average molecular weight is 302 g/mol. The summed E-state index contributed by atoms with van der Waals surface area (Å²) < 4.78 is 0. The second-order valence-corrected chi connectivity index (χ2v) is 7.94. The molecule has 0 aromatic heterocycles. The van der Waals surface area contributed by atoms with Gasteiger partial charge >= 0.3 is 0 Å². The fraction of sp³-hybridized carbons (Fsp3) is 0.650. The predicted octanol–water partition coefficient (Wildman–Crippen LogP) is 4.46. The van der Waals surface area contributed by atoms with Crippen molar-refractivity contribution in [2.75, 3.05) is 6.61 Å². The Morgan fingerprint density at radius 1 is 1.36 bits per heavy atom. The van der Waals surface area contributed by atoms with E-state index < -0.39 is 0 Å². The molecule has 2 rings (SSSR count). The van der Waals surface area contributed by atoms with Gasteiger partial charge in [0.05, 0.1) is 6.61 Å². The van der Waals surface area contributed by atoms with Crippen LogP contribution < -0.4 is 0 Å². The highest BCUT2D eigenvalue weighted by Gasteiger charge is 2.52. The van der Waals surface area contributed by atoms with E-state index in [0.717, 1.165) is 12.7 Å². The minimum Gasteiger partial charge on any atom is -0.392 e. The first-order valence-electron chi connectivity index (χ1n) is 8.47. The second kappa shape index (κ2) is 6.54. The first kappa shape index (κ1) is 17.2. The van der Waals surface area contributed by atoms with Gasteiger partial charge in [-0.3, -0.25) is 4.79 Å². The van der Waals surface area contributed by atoms with Gasteiger partial charge in [-0.25, -0.2) is 0 Å². The van der Waals surface area contributed by atoms with Crippen LogP contribution in [-0.4, -0.2) is 18.0 Å². The standard InChI is InChI=1S/C20H30O2/c1-15-6-9-18-19(2,3)11-5-12-20(18,4)17(15)8-7-16(14-22)10-13-21/h7-8,10,14,17-18,21H,1,5-6,9,11-13H2,2-4H3. The summed E-state index contributed by atoms with van der Waals surface area (Å²) in [6.45, 7) is 11.5. The van der Waals surface area contributed by atoms with Crippen LogP contribution in [0.5, 0.6) is 0 Å². The summed E-state index contributed by atoms with van der Waals surface area (Å²) in [6, 6.07) is 0. The molecule has 2 aliphatic carbocycles. The maximum absolute atomic E-state index is 11.1. The van der Waals surface area contributed by atoms with Crippen LogP contribution in [0.4, 0.5) is 0 Å². The van der Waals surface area contributed by atoms with E-state index in [1.807, 2.05) is 6.08 Å². The fourth-order valence-corrected chi connectivity index (χ4v) is 5.03. The van der Waals surface area contributed by atoms with E-state index in [2.05, 4.69) is 33.4 Å². The zero-order valence-corrected chi connectivity index (χ0v) is 14.3. The van der Waals surface area contributed by atoms with Gasteiger partial charge in [0.25, 0.3) is 0 Å². The number of aliphatic hydroxyl groups excluding tert-OH is 1. The van der Waals surface area contributed by atoms with Crippen LogP contribution in [-0.2, 0) is 4.79 Å². The summed E-state index contributed by atoms with van der Waals surface area (Å²) in [5.41, 5.74) is 2.47. The van der Waals surface area contributed by atoms with Crippen LogP contribution in [0.1, 0.15) is 52.9 Å². The molecule has 0 radical (unpaired) electrons. The van der Waals surface area contributed by atoms with E-state index in [4.69, 9.17) is 5.11 Å². The molecular weight excluding hydrogens is 272 g/mol. The van der Waals surface area contributed by atoms with Crippen molar-refractivity contribution < 1.29 is 9.90 Å². The highest BCUT2D eigenvalue weighted by molar-refractivity contribution is 5.77. The van der Waals surface area contributed by atoms with Crippen LogP contribution in [0.15, 0.2) is 36.0 Å². The lowest BCUT2D eigenvalue weighted by molar-refractivity contribution is -0.104. The van der Waals surface area contributed by atoms with Gasteiger partial charge in [-0.15, -0.1) is 0 Å². The number of aldehydes is 1. The van der Waals surface area contributed by atoms with E-state index in [1.54, 1.807) is 6.08 Å². The Hall–Kier alpha value is -1.15. The van der Waals surface area contributed by atoms with E-state index in [9.17, 15) is 4.79 Å². The van der Waals surface area contributed by atoms with Gasteiger partial charge in [0.2, 0.25) is 0 Å². The number of fused-ring (bicyclic) bond motifs is 1. The lowest BCUT2D eigenvalue weighted by Crippen LogP contribution is -2.48. The first-order chi connectivity index (χ1) is 10.3. The van der Waals surface area contributed by atoms with Gasteiger partial charge in [-0.2, -0.15) is 0 Å². The molecule has 2 saturated carbocycles. The second-order valence-electron chi connectivity index (χ2n) is 7.94. The molecule has 0 spiro atoms. The van der Waals surface area contributed by atoms with E-state index in [1.165, 1.54) is 31.3 Å². The topological polar surface area (TPSA) is 37.3 Å². The van der Waals surface area contributed by atoms with Gasteiger partial charge in [-0.05, 0) is 48.5 Å². The van der Waals surface area contributed by atoms with Crippen molar-refractivity contribution in [3.8, 4) is 0 Å². The molecule has 2 aliphatic rings. The van der Waals surface area contributed by atoms with Crippen molar-refractivity contribution >= 4 is 6.29 Å². The molecule has 1 N–H and O–H groups in total. The lowest BCUT2D eigenvalue weighted by atomic mass is 9.47. The fourth-order valence-electron chi connectivity index (χ4n) is 5.03. The molecule has 0 bridgehead atoms. The normalized spacial score (nSPS) is 35.5. The Balaban J connectivity index is 2.32. The average Bonchev–Trinajstić information content (AvgIpc) is 2.44. The van der Waals surface area contributed by atoms with Gasteiger partial charge < -0.3 is 5.11 Å². The molecule has 3 unspecified atom stereocenters. The molecule has 0 aliphatic heterocycles. The monoisotopic (exact) mass is 302 g/mol. The summed E-state index contributed by atoms with van der Waals surface area (Å²) in [6.07, 6.45) is 12.5. The maximum Gasteiger partial charge on any atom is 0.149 e. The zero-order chi connectivity index (χ0) is 16.4. The first-order valence-corrected chi connectivity index (χ1v) is 8.47. The highest BCUT2D eigenvalue weighted by Crippen LogP contribution is 2.61. The molecule has 0 heterocycles. The van der Waals surface area contributed by atoms with Crippen molar-refractivity contribution in [1.29, 1.82) is 0 Å². The molecule has 2 nitrogen and oxygen atoms in total. The van der Waals surface area contributed by atoms with Crippen molar-refractivity contribution in [3.63, 3.8) is 0 Å². The highest BCUT2D eigenvalue weighted by atomic mass is 16.2. The zero-order valence-electron chi connectivity index (χ0n) is 14.3. The predicted molar refractivity (Wildman–Crippen MR) is 91.5 cm³/mol. The van der Waals surface area contributed by atoms with Crippen LogP contribution in [0.3, 0.4) is 0 Å². The minimum atomic E-state index is -0.100. The van der Waals surface area contributed by atoms with Crippen LogP contribution >= 0.6 is 0 Å². The molecule has 22 heavy (non-hydrogen) atoms. The molecule has 0 amide bonds. The summed E-state index contributed by atoms with van der Waals surface area (Å²) in [5.74, 6) is 1.03. The number of carbonyl (C=O) groups is 1. The number of rotatable bonds is 4. The Bertz CT molecular complexity index is 498. The minimum absolute atomic E-state index is 0.100. The SMILES string of the molecule is C=C1CCC2C(C)(C)CCCC2(C)C1C=CC(C=O)=CCO. The summed E-state index contributed by atoms with van der Waals surface area (Å²) in [7, 11) is 0. The largest absolute Gasteiger partial charge is 0.392 e. The smallest absolute Gasteiger partial charge is 0.149 e. The molecular formula is C20H30O2. The van der Waals surface area contributed by atoms with Gasteiger partial charge in [0.15, 0.2) is 0 Å². The summed E-state index contributed by atoms with van der Waals surface area (Å²) >= 11 is 0. The third kappa shape index (κ3) is 3.12. The van der Waals surface area contributed by atoms with Crippen LogP contribution in [0, 0.1) is 22.7 Å². The molecule has 0 aromatic carbocycles. The molecule has 2 fully saturated rings. The van der Waals surface area contributed by atoms with Gasteiger partial charge in [-0.1, -0.05) is 51.5 Å². The maximum atomic E-state index is 11.1. The molecule has 3 atom stereocenters. The lowest BCUT2D eigenvalue weighted by Gasteiger charge is -2.57. The molecule has 0 saturated heterocycles. The number of hydrogen-bond donors (Lipinski definition) is 1.